The summed E-state index contributed by atoms with van der Waals surface area (Å²) in [5, 5.41) is 0. The predicted molar refractivity (Wildman–Crippen MR) is 48.8 cm³/mol. The summed E-state index contributed by atoms with van der Waals surface area (Å²) in [5.74, 6) is 0.0628. The van der Waals surface area contributed by atoms with Gasteiger partial charge in [0.2, 0.25) is 0 Å². The molecule has 76 valence electrons. The van der Waals surface area contributed by atoms with Crippen LogP contribution >= 0.6 is 0 Å². The Morgan fingerprint density at radius 2 is 2.14 bits per heavy atom. The van der Waals surface area contributed by atoms with Crippen LogP contribution in [0.2, 0.25) is 0 Å². The Morgan fingerprint density at radius 3 is 2.71 bits per heavy atom. The first-order valence-corrected chi connectivity index (χ1v) is 4.09. The van der Waals surface area contributed by atoms with Gasteiger partial charge in [-0.3, -0.25) is 0 Å². The minimum absolute atomic E-state index is 0.257. The molecule has 0 spiro atoms. The maximum Gasteiger partial charge on any atom is 0.356 e. The average molecular weight is 196 g/mol. The highest BCUT2D eigenvalue weighted by atomic mass is 16.5. The second kappa shape index (κ2) is 4.66. The van der Waals surface area contributed by atoms with E-state index in [4.69, 9.17) is 4.74 Å². The van der Waals surface area contributed by atoms with Crippen molar-refractivity contribution in [1.82, 2.24) is 9.97 Å². The van der Waals surface area contributed by atoms with Gasteiger partial charge < -0.3 is 9.47 Å². The fourth-order valence-electron chi connectivity index (χ4n) is 1.06. The first-order valence-electron chi connectivity index (χ1n) is 4.09. The van der Waals surface area contributed by atoms with E-state index in [0.29, 0.717) is 18.1 Å². The van der Waals surface area contributed by atoms with E-state index < -0.39 is 5.97 Å². The summed E-state index contributed by atoms with van der Waals surface area (Å²) in [5.41, 5.74) is 0.924. The zero-order chi connectivity index (χ0) is 10.6. The number of aryl methyl sites for hydroxylation is 1. The summed E-state index contributed by atoms with van der Waals surface area (Å²) in [4.78, 5) is 19.2. The van der Waals surface area contributed by atoms with Gasteiger partial charge in [0.05, 0.1) is 19.4 Å². The lowest BCUT2D eigenvalue weighted by Crippen LogP contribution is -2.08. The third-order valence-corrected chi connectivity index (χ3v) is 1.58. The molecule has 0 aliphatic heterocycles. The van der Waals surface area contributed by atoms with Gasteiger partial charge in [-0.2, -0.15) is 0 Å². The van der Waals surface area contributed by atoms with Crippen molar-refractivity contribution in [2.45, 2.75) is 13.5 Å². The summed E-state index contributed by atoms with van der Waals surface area (Å²) in [7, 11) is 2.88. The molecule has 0 aromatic carbocycles. The van der Waals surface area contributed by atoms with Crippen molar-refractivity contribution < 1.29 is 14.3 Å². The van der Waals surface area contributed by atoms with Gasteiger partial charge in [0.1, 0.15) is 5.82 Å². The Kier molecular flexibility index (Phi) is 3.53. The molecule has 0 saturated heterocycles. The van der Waals surface area contributed by atoms with Crippen LogP contribution < -0.4 is 0 Å². The second-order valence-corrected chi connectivity index (χ2v) is 2.72. The number of carbonyl (C=O) groups excluding carboxylic acids is 1. The number of aromatic nitrogens is 2. The lowest BCUT2D eigenvalue weighted by molar-refractivity contribution is 0.0593. The number of carbonyl (C=O) groups is 1. The molecule has 1 aromatic rings. The van der Waals surface area contributed by atoms with E-state index in [1.807, 2.05) is 0 Å². The largest absolute Gasteiger partial charge is 0.464 e. The molecule has 1 aromatic heterocycles. The third kappa shape index (κ3) is 2.50. The van der Waals surface area contributed by atoms with Gasteiger partial charge in [-0.15, -0.1) is 0 Å². The lowest BCUT2D eigenvalue weighted by Gasteiger charge is -2.03. The normalized spacial score (nSPS) is 9.93. The fraction of sp³-hybridized carbons (Fsp3) is 0.444. The maximum atomic E-state index is 11.2. The van der Waals surface area contributed by atoms with E-state index in [9.17, 15) is 4.79 Å². The Balaban J connectivity index is 3.00. The fourth-order valence-corrected chi connectivity index (χ4v) is 1.06. The molecule has 0 unspecified atom stereocenters. The van der Waals surface area contributed by atoms with Crippen LogP contribution in [0, 0.1) is 6.92 Å². The minimum Gasteiger partial charge on any atom is -0.464 e. The molecule has 0 N–H and O–H groups in total. The van der Waals surface area contributed by atoms with Crippen LogP contribution in [0.5, 0.6) is 0 Å². The number of hydrogen-bond acceptors (Lipinski definition) is 5. The number of methoxy groups -OCH3 is 2. The van der Waals surface area contributed by atoms with Crippen LogP contribution in [0.3, 0.4) is 0 Å². The van der Waals surface area contributed by atoms with Crippen LogP contribution in [0.15, 0.2) is 6.07 Å². The summed E-state index contributed by atoms with van der Waals surface area (Å²) in [6.07, 6.45) is 0. The van der Waals surface area contributed by atoms with E-state index in [1.54, 1.807) is 20.1 Å². The van der Waals surface area contributed by atoms with E-state index in [0.717, 1.165) is 0 Å². The SMILES string of the molecule is COCc1cc(C(=O)OC)nc(C)n1. The molecule has 0 bridgehead atoms. The standard InChI is InChI=1S/C9H12N2O3/c1-6-10-7(5-13-2)4-8(11-6)9(12)14-3/h4H,5H2,1-3H3. The molecule has 0 atom stereocenters. The minimum atomic E-state index is -0.465. The first kappa shape index (κ1) is 10.6. The molecule has 5 nitrogen and oxygen atoms in total. The Bertz CT molecular complexity index is 339. The number of rotatable bonds is 3. The van der Waals surface area contributed by atoms with Gasteiger partial charge in [0, 0.05) is 7.11 Å². The average Bonchev–Trinajstić information content (AvgIpc) is 2.16. The van der Waals surface area contributed by atoms with Crippen molar-refractivity contribution in [3.05, 3.63) is 23.3 Å². The van der Waals surface area contributed by atoms with Crippen LogP contribution in [0.1, 0.15) is 22.0 Å². The molecular weight excluding hydrogens is 184 g/mol. The van der Waals surface area contributed by atoms with Crippen LogP contribution in [-0.4, -0.2) is 30.2 Å². The summed E-state index contributed by atoms with van der Waals surface area (Å²) < 4.78 is 9.46. The molecule has 1 rings (SSSR count). The van der Waals surface area contributed by atoms with Gasteiger partial charge in [-0.1, -0.05) is 0 Å². The number of nitrogens with zero attached hydrogens (tertiary/aromatic N) is 2. The molecule has 0 amide bonds. The molecule has 0 aliphatic carbocycles. The first-order chi connectivity index (χ1) is 6.67. The maximum absolute atomic E-state index is 11.2. The number of ether oxygens (including phenoxy) is 2. The summed E-state index contributed by atoms with van der Waals surface area (Å²) in [6.45, 7) is 2.07. The highest BCUT2D eigenvalue weighted by molar-refractivity contribution is 5.87. The van der Waals surface area contributed by atoms with Gasteiger partial charge in [-0.25, -0.2) is 14.8 Å². The summed E-state index contributed by atoms with van der Waals surface area (Å²) in [6, 6.07) is 1.56. The highest BCUT2D eigenvalue weighted by Crippen LogP contribution is 2.03. The van der Waals surface area contributed by atoms with Crippen molar-refractivity contribution >= 4 is 5.97 Å². The molecule has 0 saturated carbocycles. The highest BCUT2D eigenvalue weighted by Gasteiger charge is 2.09. The van der Waals surface area contributed by atoms with Crippen molar-refractivity contribution in [2.24, 2.45) is 0 Å². The molecule has 5 heteroatoms. The third-order valence-electron chi connectivity index (χ3n) is 1.58. The van der Waals surface area contributed by atoms with E-state index >= 15 is 0 Å². The van der Waals surface area contributed by atoms with Crippen molar-refractivity contribution in [1.29, 1.82) is 0 Å². The van der Waals surface area contributed by atoms with Gasteiger partial charge in [0.15, 0.2) is 5.69 Å². The van der Waals surface area contributed by atoms with Gasteiger partial charge >= 0.3 is 5.97 Å². The van der Waals surface area contributed by atoms with Crippen LogP contribution in [-0.2, 0) is 16.1 Å². The predicted octanol–water partition coefficient (Wildman–Crippen LogP) is 0.718. The van der Waals surface area contributed by atoms with Crippen molar-refractivity contribution in [3.8, 4) is 0 Å². The van der Waals surface area contributed by atoms with Gasteiger partial charge in [0.25, 0.3) is 0 Å². The second-order valence-electron chi connectivity index (χ2n) is 2.72. The van der Waals surface area contributed by atoms with Crippen LogP contribution in [0.25, 0.3) is 0 Å². The topological polar surface area (TPSA) is 61.3 Å². The number of hydrogen-bond donors (Lipinski definition) is 0. The summed E-state index contributed by atoms with van der Waals surface area (Å²) >= 11 is 0. The lowest BCUT2D eigenvalue weighted by atomic mass is 10.3. The van der Waals surface area contributed by atoms with E-state index in [-0.39, 0.29) is 5.69 Å². The van der Waals surface area contributed by atoms with E-state index in [1.165, 1.54) is 7.11 Å². The van der Waals surface area contributed by atoms with Crippen LogP contribution in [0.4, 0.5) is 0 Å². The molecule has 14 heavy (non-hydrogen) atoms. The zero-order valence-electron chi connectivity index (χ0n) is 8.40. The molecule has 0 fully saturated rings. The molecule has 1 heterocycles. The molecule has 0 aliphatic rings. The smallest absolute Gasteiger partial charge is 0.356 e. The van der Waals surface area contributed by atoms with E-state index in [2.05, 4.69) is 14.7 Å². The zero-order valence-corrected chi connectivity index (χ0v) is 8.40. The van der Waals surface area contributed by atoms with Gasteiger partial charge in [-0.05, 0) is 13.0 Å². The molecular formula is C9H12N2O3. The van der Waals surface area contributed by atoms with Crippen molar-refractivity contribution in [3.63, 3.8) is 0 Å². The van der Waals surface area contributed by atoms with Crippen molar-refractivity contribution in [2.75, 3.05) is 14.2 Å². The molecule has 0 radical (unpaired) electrons. The monoisotopic (exact) mass is 196 g/mol. The Morgan fingerprint density at radius 1 is 1.43 bits per heavy atom. The quantitative estimate of drug-likeness (QED) is 0.666. The number of esters is 1. The Hall–Kier alpha value is -1.49. The Labute approximate surface area is 82.1 Å².